The summed E-state index contributed by atoms with van der Waals surface area (Å²) in [6.45, 7) is 3.18. The lowest BCUT2D eigenvalue weighted by atomic mass is 10.2. The van der Waals surface area contributed by atoms with Crippen molar-refractivity contribution >= 4 is 15.9 Å². The Labute approximate surface area is 90.3 Å². The Kier molecular flexibility index (Phi) is 2.44. The van der Waals surface area contributed by atoms with Gasteiger partial charge < -0.3 is 0 Å². The minimum Gasteiger partial charge on any atom is -0.260 e. The Morgan fingerprint density at radius 3 is 2.40 bits per heavy atom. The SMILES string of the molecule is Cc1ccccc1N(C)S(=O)(=O)N1CC1. The fourth-order valence-electron chi connectivity index (χ4n) is 1.49. The summed E-state index contributed by atoms with van der Waals surface area (Å²) in [5.74, 6) is 0. The highest BCUT2D eigenvalue weighted by atomic mass is 32.2. The first-order valence-corrected chi connectivity index (χ1v) is 6.23. The number of hydrogen-bond acceptors (Lipinski definition) is 2. The highest BCUT2D eigenvalue weighted by Crippen LogP contribution is 2.24. The zero-order valence-corrected chi connectivity index (χ0v) is 9.66. The van der Waals surface area contributed by atoms with Gasteiger partial charge in [-0.05, 0) is 18.6 Å². The molecule has 0 unspecified atom stereocenters. The third-order valence-corrected chi connectivity index (χ3v) is 4.44. The summed E-state index contributed by atoms with van der Waals surface area (Å²) in [5.41, 5.74) is 1.70. The minimum absolute atomic E-state index is 0.637. The van der Waals surface area contributed by atoms with Crippen LogP contribution in [-0.2, 0) is 10.2 Å². The van der Waals surface area contributed by atoms with Gasteiger partial charge in [0.2, 0.25) is 0 Å². The topological polar surface area (TPSA) is 40.4 Å². The highest BCUT2D eigenvalue weighted by molar-refractivity contribution is 7.90. The Balaban J connectivity index is 2.36. The van der Waals surface area contributed by atoms with E-state index in [1.165, 1.54) is 8.61 Å². The lowest BCUT2D eigenvalue weighted by Crippen LogP contribution is -2.32. The number of rotatable bonds is 3. The van der Waals surface area contributed by atoms with Crippen LogP contribution in [-0.4, -0.2) is 32.9 Å². The second-order valence-corrected chi connectivity index (χ2v) is 5.62. The molecule has 0 bridgehead atoms. The molecule has 1 aliphatic rings. The molecule has 0 radical (unpaired) electrons. The zero-order valence-electron chi connectivity index (χ0n) is 8.84. The summed E-state index contributed by atoms with van der Waals surface area (Å²) in [7, 11) is -1.68. The van der Waals surface area contributed by atoms with Gasteiger partial charge in [0.15, 0.2) is 0 Å². The molecule has 0 aromatic heterocycles. The van der Waals surface area contributed by atoms with Crippen molar-refractivity contribution in [3.63, 3.8) is 0 Å². The molecule has 0 saturated carbocycles. The van der Waals surface area contributed by atoms with Crippen LogP contribution in [0.25, 0.3) is 0 Å². The number of aryl methyl sites for hydroxylation is 1. The van der Waals surface area contributed by atoms with Crippen molar-refractivity contribution in [2.45, 2.75) is 6.92 Å². The van der Waals surface area contributed by atoms with Crippen LogP contribution in [0.2, 0.25) is 0 Å². The molecule has 2 rings (SSSR count). The molecule has 0 amide bonds. The van der Waals surface area contributed by atoms with Crippen LogP contribution in [0.1, 0.15) is 5.56 Å². The Bertz CT molecular complexity index is 466. The molecule has 5 heteroatoms. The molecule has 0 atom stereocenters. The van der Waals surface area contributed by atoms with Crippen molar-refractivity contribution in [1.29, 1.82) is 0 Å². The van der Waals surface area contributed by atoms with Crippen molar-refractivity contribution in [1.82, 2.24) is 4.31 Å². The van der Waals surface area contributed by atoms with Crippen molar-refractivity contribution < 1.29 is 8.42 Å². The van der Waals surface area contributed by atoms with Gasteiger partial charge in [0.05, 0.1) is 5.69 Å². The van der Waals surface area contributed by atoms with Crippen LogP contribution in [0, 0.1) is 6.92 Å². The van der Waals surface area contributed by atoms with Crippen molar-refractivity contribution in [2.75, 3.05) is 24.4 Å². The number of benzene rings is 1. The largest absolute Gasteiger partial charge is 0.303 e. The van der Waals surface area contributed by atoms with E-state index in [-0.39, 0.29) is 0 Å². The first-order valence-electron chi connectivity index (χ1n) is 4.83. The number of para-hydroxylation sites is 1. The van der Waals surface area contributed by atoms with Crippen LogP contribution in [0.3, 0.4) is 0 Å². The Hall–Kier alpha value is -1.07. The van der Waals surface area contributed by atoms with Gasteiger partial charge in [0, 0.05) is 20.1 Å². The standard InChI is InChI=1S/C10H14N2O2S/c1-9-5-3-4-6-10(9)11(2)15(13,14)12-7-8-12/h3-6H,7-8H2,1-2H3. The second kappa shape index (κ2) is 3.50. The molecule has 0 spiro atoms. The van der Waals surface area contributed by atoms with Crippen molar-refractivity contribution in [3.05, 3.63) is 29.8 Å². The molecule has 0 N–H and O–H groups in total. The summed E-state index contributed by atoms with van der Waals surface area (Å²) < 4.78 is 26.6. The lowest BCUT2D eigenvalue weighted by molar-refractivity contribution is 0.561. The first kappa shape index (κ1) is 10.4. The molecule has 1 fully saturated rings. The first-order chi connectivity index (χ1) is 7.03. The molecule has 82 valence electrons. The summed E-state index contributed by atoms with van der Waals surface area (Å²) in [4.78, 5) is 0. The van der Waals surface area contributed by atoms with E-state index >= 15 is 0 Å². The molecule has 1 saturated heterocycles. The van der Waals surface area contributed by atoms with E-state index in [1.54, 1.807) is 7.05 Å². The van der Waals surface area contributed by atoms with E-state index in [4.69, 9.17) is 0 Å². The molecule has 1 aliphatic heterocycles. The van der Waals surface area contributed by atoms with E-state index in [0.29, 0.717) is 13.1 Å². The maximum Gasteiger partial charge on any atom is 0.303 e. The molecular formula is C10H14N2O2S. The highest BCUT2D eigenvalue weighted by Gasteiger charge is 2.35. The predicted molar refractivity (Wildman–Crippen MR) is 60.1 cm³/mol. The van der Waals surface area contributed by atoms with Gasteiger partial charge >= 0.3 is 10.2 Å². The molecule has 1 heterocycles. The van der Waals surface area contributed by atoms with Crippen molar-refractivity contribution in [3.8, 4) is 0 Å². The molecule has 1 aromatic carbocycles. The summed E-state index contributed by atoms with van der Waals surface area (Å²) >= 11 is 0. The second-order valence-electron chi connectivity index (χ2n) is 3.66. The molecular weight excluding hydrogens is 212 g/mol. The van der Waals surface area contributed by atoms with E-state index in [0.717, 1.165) is 11.3 Å². The van der Waals surface area contributed by atoms with E-state index in [2.05, 4.69) is 0 Å². The van der Waals surface area contributed by atoms with Gasteiger partial charge in [0.25, 0.3) is 0 Å². The molecule has 0 aliphatic carbocycles. The third-order valence-electron chi connectivity index (χ3n) is 2.53. The summed E-state index contributed by atoms with van der Waals surface area (Å²) in [5, 5.41) is 0. The smallest absolute Gasteiger partial charge is 0.260 e. The van der Waals surface area contributed by atoms with Crippen molar-refractivity contribution in [2.24, 2.45) is 0 Å². The van der Waals surface area contributed by atoms with Crippen LogP contribution < -0.4 is 4.31 Å². The van der Waals surface area contributed by atoms with Crippen LogP contribution in [0.15, 0.2) is 24.3 Å². The predicted octanol–water partition coefficient (Wildman–Crippen LogP) is 0.992. The average Bonchev–Trinajstić information content (AvgIpc) is 3.00. The average molecular weight is 226 g/mol. The Morgan fingerprint density at radius 1 is 1.27 bits per heavy atom. The van der Waals surface area contributed by atoms with E-state index in [1.807, 2.05) is 31.2 Å². The third kappa shape index (κ3) is 1.85. The van der Waals surface area contributed by atoms with Gasteiger partial charge in [-0.3, -0.25) is 4.31 Å². The fraction of sp³-hybridized carbons (Fsp3) is 0.400. The van der Waals surface area contributed by atoms with E-state index in [9.17, 15) is 8.42 Å². The lowest BCUT2D eigenvalue weighted by Gasteiger charge is -2.21. The monoisotopic (exact) mass is 226 g/mol. The van der Waals surface area contributed by atoms with Gasteiger partial charge in [-0.25, -0.2) is 0 Å². The molecule has 1 aromatic rings. The number of anilines is 1. The maximum absolute atomic E-state index is 11.9. The van der Waals surface area contributed by atoms with Gasteiger partial charge in [-0.15, -0.1) is 0 Å². The van der Waals surface area contributed by atoms with Gasteiger partial charge in [-0.1, -0.05) is 18.2 Å². The number of hydrogen-bond donors (Lipinski definition) is 0. The summed E-state index contributed by atoms with van der Waals surface area (Å²) in [6, 6.07) is 7.47. The van der Waals surface area contributed by atoms with Gasteiger partial charge in [-0.2, -0.15) is 12.7 Å². The minimum atomic E-state index is -3.27. The number of nitrogens with zero attached hydrogens (tertiary/aromatic N) is 2. The zero-order chi connectivity index (χ0) is 11.1. The maximum atomic E-state index is 11.9. The van der Waals surface area contributed by atoms with Gasteiger partial charge in [0.1, 0.15) is 0 Å². The van der Waals surface area contributed by atoms with Crippen LogP contribution in [0.4, 0.5) is 5.69 Å². The van der Waals surface area contributed by atoms with Crippen LogP contribution in [0.5, 0.6) is 0 Å². The molecule has 4 nitrogen and oxygen atoms in total. The quantitative estimate of drug-likeness (QED) is 0.721. The normalized spacial score (nSPS) is 16.4. The Morgan fingerprint density at radius 2 is 1.87 bits per heavy atom. The summed E-state index contributed by atoms with van der Waals surface area (Å²) in [6.07, 6.45) is 0. The molecule has 15 heavy (non-hydrogen) atoms. The van der Waals surface area contributed by atoms with Crippen LogP contribution >= 0.6 is 0 Å². The fourth-order valence-corrected chi connectivity index (χ4v) is 2.83. The van der Waals surface area contributed by atoms with E-state index < -0.39 is 10.2 Å².